The van der Waals surface area contributed by atoms with Crippen molar-refractivity contribution in [3.8, 4) is 11.3 Å². The molecule has 2 aromatic carbocycles. The standard InChI is InChI=1S/C31H31FN7O/c1-20(40)37-12-14-38(15-13-37)24-17-23(18-24)29-27-19-34-11-16-39(27,33)31(36-29)25-9-7-22-8-10-26(35-30(22)28(25)32)21-5-3-2-4-6-21/h2-11,16,19,23-24H,12-15,17-18,33H2,1H3/q+1. The monoisotopic (exact) mass is 536 g/mol. The van der Waals surface area contributed by atoms with E-state index in [1.807, 2.05) is 53.4 Å². The third kappa shape index (κ3) is 4.00. The maximum absolute atomic E-state index is 16.2. The molecule has 0 spiro atoms. The van der Waals surface area contributed by atoms with Crippen molar-refractivity contribution in [1.82, 2.24) is 14.8 Å². The number of fused-ring (bicyclic) bond motifs is 2. The van der Waals surface area contributed by atoms with Crippen LogP contribution in [0.3, 0.4) is 0 Å². The number of hydrogen-bond donors (Lipinski definition) is 1. The van der Waals surface area contributed by atoms with E-state index in [-0.39, 0.29) is 16.4 Å². The predicted molar refractivity (Wildman–Crippen MR) is 153 cm³/mol. The van der Waals surface area contributed by atoms with E-state index in [9.17, 15) is 4.79 Å². The van der Waals surface area contributed by atoms with Gasteiger partial charge in [0, 0.05) is 56.0 Å². The number of nitrogens with two attached hydrogens (primary N) is 1. The highest BCUT2D eigenvalue weighted by atomic mass is 19.1. The van der Waals surface area contributed by atoms with Crippen molar-refractivity contribution >= 4 is 28.9 Å². The number of rotatable bonds is 4. The van der Waals surface area contributed by atoms with Gasteiger partial charge in [-0.2, -0.15) is 10.8 Å². The molecule has 7 rings (SSSR count). The number of amidine groups is 1. The van der Waals surface area contributed by atoms with Gasteiger partial charge in [0.1, 0.15) is 17.4 Å². The van der Waals surface area contributed by atoms with Gasteiger partial charge < -0.3 is 4.90 Å². The first-order valence-corrected chi connectivity index (χ1v) is 13.8. The molecule has 1 atom stereocenters. The molecule has 3 aliphatic heterocycles. The Bertz CT molecular complexity index is 1630. The number of aromatic nitrogens is 1. The number of hydrogen-bond acceptors (Lipinski definition) is 6. The maximum Gasteiger partial charge on any atom is 0.267 e. The summed E-state index contributed by atoms with van der Waals surface area (Å²) in [5.74, 6) is 7.31. The summed E-state index contributed by atoms with van der Waals surface area (Å²) in [7, 11) is 0. The first-order valence-electron chi connectivity index (χ1n) is 13.8. The Balaban J connectivity index is 1.19. The van der Waals surface area contributed by atoms with E-state index in [1.54, 1.807) is 31.6 Å². The molecule has 202 valence electrons. The largest absolute Gasteiger partial charge is 0.340 e. The van der Waals surface area contributed by atoms with Crippen LogP contribution in [-0.2, 0) is 4.79 Å². The van der Waals surface area contributed by atoms with Gasteiger partial charge in [0.15, 0.2) is 5.82 Å². The van der Waals surface area contributed by atoms with Crippen molar-refractivity contribution in [2.75, 3.05) is 26.2 Å². The fourth-order valence-corrected chi connectivity index (χ4v) is 6.30. The van der Waals surface area contributed by atoms with Crippen LogP contribution in [0.25, 0.3) is 22.2 Å². The quantitative estimate of drug-likeness (QED) is 0.400. The number of amides is 1. The van der Waals surface area contributed by atoms with Crippen molar-refractivity contribution in [2.45, 2.75) is 25.8 Å². The highest BCUT2D eigenvalue weighted by Gasteiger charge is 2.49. The summed E-state index contributed by atoms with van der Waals surface area (Å²) in [6.45, 7) is 4.95. The number of nitrogens with zero attached hydrogens (tertiary/aromatic N) is 6. The number of quaternary nitrogens is 1. The van der Waals surface area contributed by atoms with Crippen molar-refractivity contribution < 1.29 is 13.8 Å². The lowest BCUT2D eigenvalue weighted by Gasteiger charge is -2.46. The lowest BCUT2D eigenvalue weighted by atomic mass is 9.76. The third-order valence-electron chi connectivity index (χ3n) is 8.71. The zero-order valence-corrected chi connectivity index (χ0v) is 22.4. The molecule has 9 heteroatoms. The number of halogens is 1. The van der Waals surface area contributed by atoms with Gasteiger partial charge in [0.25, 0.3) is 5.84 Å². The first kappa shape index (κ1) is 25.0. The van der Waals surface area contributed by atoms with Gasteiger partial charge in [-0.25, -0.2) is 9.37 Å². The van der Waals surface area contributed by atoms with Crippen molar-refractivity contribution in [3.63, 3.8) is 0 Å². The molecule has 4 heterocycles. The molecular formula is C31H31FN7O+. The molecule has 0 bridgehead atoms. The molecule has 2 N–H and O–H groups in total. The van der Waals surface area contributed by atoms with Crippen molar-refractivity contribution in [2.24, 2.45) is 21.7 Å². The number of carbonyl (C=O) groups excluding carboxylic acids is 1. The molecule has 2 fully saturated rings. The lowest BCUT2D eigenvalue weighted by Crippen LogP contribution is -2.55. The van der Waals surface area contributed by atoms with Gasteiger partial charge in [0.2, 0.25) is 11.6 Å². The zero-order chi connectivity index (χ0) is 27.4. The topological polar surface area (TPSA) is 87.2 Å². The third-order valence-corrected chi connectivity index (χ3v) is 8.71. The maximum atomic E-state index is 16.2. The second-order valence-corrected chi connectivity index (χ2v) is 11.0. The summed E-state index contributed by atoms with van der Waals surface area (Å²) in [6.07, 6.45) is 7.07. The number of benzene rings is 2. The van der Waals surface area contributed by atoms with Crippen LogP contribution in [0.4, 0.5) is 4.39 Å². The minimum Gasteiger partial charge on any atom is -0.340 e. The van der Waals surface area contributed by atoms with Gasteiger partial charge in [0.05, 0.1) is 23.7 Å². The smallest absolute Gasteiger partial charge is 0.267 e. The molecule has 0 radical (unpaired) electrons. The lowest BCUT2D eigenvalue weighted by molar-refractivity contribution is -0.750. The van der Waals surface area contributed by atoms with E-state index in [0.29, 0.717) is 28.7 Å². The summed E-state index contributed by atoms with van der Waals surface area (Å²) < 4.78 is 16.0. The molecule has 40 heavy (non-hydrogen) atoms. The fraction of sp³-hybridized carbons (Fsp3) is 0.290. The summed E-state index contributed by atoms with van der Waals surface area (Å²) in [6, 6.07) is 17.7. The van der Waals surface area contributed by atoms with Gasteiger partial charge >= 0.3 is 0 Å². The van der Waals surface area contributed by atoms with Gasteiger partial charge in [-0.1, -0.05) is 42.5 Å². The van der Waals surface area contributed by atoms with Crippen LogP contribution < -0.4 is 5.84 Å². The highest BCUT2D eigenvalue weighted by Crippen LogP contribution is 2.44. The Morgan fingerprint density at radius 1 is 1.02 bits per heavy atom. The van der Waals surface area contributed by atoms with Crippen LogP contribution in [0.15, 0.2) is 88.4 Å². The SMILES string of the molecule is CC(=O)N1CCN(C2CC(C3=C4C=NC=C[N+]4(N)C(c4ccc5ccc(-c6ccccc6)nc5c4F)=N3)C2)CC1. The van der Waals surface area contributed by atoms with Crippen LogP contribution in [-0.4, -0.2) is 69.6 Å². The molecule has 1 aromatic heterocycles. The summed E-state index contributed by atoms with van der Waals surface area (Å²) in [5, 5.41) is 0.721. The Kier molecular flexibility index (Phi) is 5.96. The molecule has 8 nitrogen and oxygen atoms in total. The predicted octanol–water partition coefficient (Wildman–Crippen LogP) is 4.20. The molecule has 1 unspecified atom stereocenters. The highest BCUT2D eigenvalue weighted by molar-refractivity contribution is 6.03. The van der Waals surface area contributed by atoms with Crippen LogP contribution in [0.1, 0.15) is 25.3 Å². The van der Waals surface area contributed by atoms with E-state index < -0.39 is 5.82 Å². The van der Waals surface area contributed by atoms with E-state index in [2.05, 4.69) is 9.89 Å². The average molecular weight is 537 g/mol. The molecule has 1 saturated heterocycles. The van der Waals surface area contributed by atoms with Gasteiger partial charge in [-0.15, -0.1) is 4.59 Å². The number of carbonyl (C=O) groups is 1. The average Bonchev–Trinajstić information content (AvgIpc) is 3.25. The second-order valence-electron chi connectivity index (χ2n) is 11.0. The molecule has 4 aliphatic rings. The number of aliphatic imine (C=N–C) groups is 2. The summed E-state index contributed by atoms with van der Waals surface area (Å²) in [4.78, 5) is 30.1. The van der Waals surface area contributed by atoms with Gasteiger partial charge in [-0.3, -0.25) is 14.7 Å². The molecule has 1 saturated carbocycles. The van der Waals surface area contributed by atoms with Crippen LogP contribution in [0, 0.1) is 11.7 Å². The molecule has 1 amide bonds. The minimum absolute atomic E-state index is 0.139. The first-order chi connectivity index (χ1) is 19.4. The van der Waals surface area contributed by atoms with Gasteiger partial charge in [-0.05, 0) is 25.0 Å². The number of pyridine rings is 1. The number of piperazine rings is 1. The normalized spacial score (nSPS) is 26.2. The molecule has 1 aliphatic carbocycles. The van der Waals surface area contributed by atoms with E-state index >= 15 is 4.39 Å². The Labute approximate surface area is 232 Å². The fourth-order valence-electron chi connectivity index (χ4n) is 6.30. The Hall–Kier alpha value is -4.05. The Morgan fingerprint density at radius 2 is 1.77 bits per heavy atom. The molecule has 3 aromatic rings. The molecular weight excluding hydrogens is 505 g/mol. The number of allylic oxidation sites excluding steroid dienone is 2. The van der Waals surface area contributed by atoms with Crippen molar-refractivity contribution in [3.05, 3.63) is 89.8 Å². The van der Waals surface area contributed by atoms with Crippen molar-refractivity contribution in [1.29, 1.82) is 0 Å². The van der Waals surface area contributed by atoms with E-state index in [0.717, 1.165) is 61.4 Å². The zero-order valence-electron chi connectivity index (χ0n) is 22.4. The summed E-state index contributed by atoms with van der Waals surface area (Å²) >= 11 is 0. The van der Waals surface area contributed by atoms with Crippen LogP contribution in [0.2, 0.25) is 0 Å². The Morgan fingerprint density at radius 3 is 2.52 bits per heavy atom. The second kappa shape index (κ2) is 9.55. The van der Waals surface area contributed by atoms with Crippen LogP contribution >= 0.6 is 0 Å². The van der Waals surface area contributed by atoms with E-state index in [4.69, 9.17) is 15.8 Å². The van der Waals surface area contributed by atoms with Crippen LogP contribution in [0.5, 0.6) is 0 Å². The summed E-state index contributed by atoms with van der Waals surface area (Å²) in [5.41, 5.74) is 3.95. The van der Waals surface area contributed by atoms with E-state index in [1.165, 1.54) is 0 Å². The minimum atomic E-state index is -0.427.